The highest BCUT2D eigenvalue weighted by Crippen LogP contribution is 2.34. The van der Waals surface area contributed by atoms with Gasteiger partial charge in [-0.25, -0.2) is 4.39 Å². The normalized spacial score (nSPS) is 29.8. The lowest BCUT2D eigenvalue weighted by Crippen LogP contribution is -2.55. The van der Waals surface area contributed by atoms with Crippen molar-refractivity contribution in [3.8, 4) is 6.01 Å². The number of nitrogens with zero attached hydrogens (tertiary/aromatic N) is 4. The van der Waals surface area contributed by atoms with E-state index in [1.165, 1.54) is 0 Å². The molecule has 3 aromatic rings. The monoisotopic (exact) mass is 631 g/mol. The summed E-state index contributed by atoms with van der Waals surface area (Å²) in [5.41, 5.74) is 1.95. The van der Waals surface area contributed by atoms with Gasteiger partial charge in [-0.15, -0.1) is 0 Å². The molecule has 0 aliphatic carbocycles. The SMILES string of the molecule is C\C(=C(Cl)/C=c1/c(N2CC3CCC(C2)N3)nc(OCCN2C(C)CC3CC2CC(C)O3)n/c1=C\F)c1cccc2ccccc12. The third-order valence-corrected chi connectivity index (χ3v) is 10.6. The first-order valence-corrected chi connectivity index (χ1v) is 16.8. The van der Waals surface area contributed by atoms with Gasteiger partial charge in [0.05, 0.1) is 12.2 Å². The number of nitrogens with one attached hydrogen (secondary N) is 1. The number of benzene rings is 2. The van der Waals surface area contributed by atoms with Crippen LogP contribution in [0.4, 0.5) is 10.2 Å². The maximum Gasteiger partial charge on any atom is 0.319 e. The van der Waals surface area contributed by atoms with Gasteiger partial charge < -0.3 is 19.7 Å². The van der Waals surface area contributed by atoms with Gasteiger partial charge in [0, 0.05) is 54.1 Å². The molecule has 0 saturated carbocycles. The van der Waals surface area contributed by atoms with Crippen LogP contribution in [0.25, 0.3) is 28.8 Å². The fourth-order valence-electron chi connectivity index (χ4n) is 8.03. The van der Waals surface area contributed by atoms with E-state index in [1.807, 2.05) is 31.2 Å². The standard InChI is InChI=1S/C36H43ClFN5O2/c1-22-15-29-17-28(16-23(2)45-29)43(22)13-14-44-36-40-34(19-38)32(35(41-36)42-20-26-11-12-27(21-42)39-26)18-33(37)24(3)30-10-6-8-25-7-4-5-9-31(25)30/h4-10,18-19,22-23,26-29,39H,11-17,20-21H2,1-3H3/b32-18+,33-24-,34-19-. The Hall–Kier alpha value is -3.04. The lowest BCUT2D eigenvalue weighted by atomic mass is 9.88. The van der Waals surface area contributed by atoms with E-state index in [4.69, 9.17) is 26.1 Å². The van der Waals surface area contributed by atoms with Crippen LogP contribution in [0, 0.1) is 0 Å². The van der Waals surface area contributed by atoms with Gasteiger partial charge in [-0.3, -0.25) is 4.90 Å². The molecule has 6 unspecified atom stereocenters. The number of hydrogen-bond acceptors (Lipinski definition) is 7. The Labute approximate surface area is 269 Å². The zero-order valence-corrected chi connectivity index (χ0v) is 27.1. The Morgan fingerprint density at radius 1 is 1.07 bits per heavy atom. The molecule has 4 aliphatic rings. The fourth-order valence-corrected chi connectivity index (χ4v) is 8.24. The summed E-state index contributed by atoms with van der Waals surface area (Å²) in [5.74, 6) is 0.665. The predicted octanol–water partition coefficient (Wildman–Crippen LogP) is 5.14. The minimum atomic E-state index is 0.178. The molecule has 1 N–H and O–H groups in total. The first kappa shape index (κ1) is 30.6. The van der Waals surface area contributed by atoms with Gasteiger partial charge in [0.1, 0.15) is 24.1 Å². The third kappa shape index (κ3) is 6.35. The van der Waals surface area contributed by atoms with Gasteiger partial charge in [0.2, 0.25) is 0 Å². The number of likely N-dealkylation sites (tertiary alicyclic amines) is 1. The molecule has 0 radical (unpaired) electrons. The van der Waals surface area contributed by atoms with E-state index in [0.29, 0.717) is 59.3 Å². The number of rotatable bonds is 7. The summed E-state index contributed by atoms with van der Waals surface area (Å²) in [4.78, 5) is 14.3. The first-order valence-electron chi connectivity index (χ1n) is 16.5. The van der Waals surface area contributed by atoms with Crippen LogP contribution in [0.5, 0.6) is 6.01 Å². The van der Waals surface area contributed by atoms with Crippen LogP contribution in [-0.2, 0) is 4.74 Å². The molecule has 6 atom stereocenters. The molecule has 1 aromatic heterocycles. The Bertz CT molecular complexity index is 1690. The van der Waals surface area contributed by atoms with Gasteiger partial charge in [-0.05, 0) is 80.9 Å². The molecule has 4 fully saturated rings. The second kappa shape index (κ2) is 13.0. The van der Waals surface area contributed by atoms with Crippen LogP contribution in [-0.4, -0.2) is 77.5 Å². The Morgan fingerprint density at radius 2 is 1.84 bits per heavy atom. The summed E-state index contributed by atoms with van der Waals surface area (Å²) in [6, 6.07) is 16.3. The van der Waals surface area contributed by atoms with E-state index in [9.17, 15) is 4.39 Å². The van der Waals surface area contributed by atoms with E-state index in [-0.39, 0.29) is 17.5 Å². The molecular weight excluding hydrogens is 589 g/mol. The maximum absolute atomic E-state index is 14.7. The third-order valence-electron chi connectivity index (χ3n) is 10.2. The Morgan fingerprint density at radius 3 is 2.64 bits per heavy atom. The molecule has 4 saturated heterocycles. The minimum absolute atomic E-state index is 0.178. The summed E-state index contributed by atoms with van der Waals surface area (Å²) in [5, 5.41) is 7.22. The van der Waals surface area contributed by atoms with E-state index in [2.05, 4.69) is 58.2 Å². The van der Waals surface area contributed by atoms with Crippen molar-refractivity contribution in [2.24, 2.45) is 0 Å². The highest BCUT2D eigenvalue weighted by molar-refractivity contribution is 6.37. The molecular formula is C36H43ClFN5O2. The number of allylic oxidation sites excluding steroid dienone is 2. The van der Waals surface area contributed by atoms with E-state index >= 15 is 0 Å². The number of anilines is 1. The van der Waals surface area contributed by atoms with Crippen LogP contribution in [0.3, 0.4) is 0 Å². The van der Waals surface area contributed by atoms with Crippen molar-refractivity contribution in [2.75, 3.05) is 31.1 Å². The lowest BCUT2D eigenvalue weighted by Gasteiger charge is -2.48. The Balaban J connectivity index is 1.22. The van der Waals surface area contributed by atoms with Gasteiger partial charge in [0.25, 0.3) is 0 Å². The zero-order chi connectivity index (χ0) is 31.1. The van der Waals surface area contributed by atoms with Gasteiger partial charge >= 0.3 is 6.01 Å². The van der Waals surface area contributed by atoms with Crippen molar-refractivity contribution < 1.29 is 13.9 Å². The molecule has 0 spiro atoms. The highest BCUT2D eigenvalue weighted by Gasteiger charge is 2.39. The second-order valence-corrected chi connectivity index (χ2v) is 13.7. The van der Waals surface area contributed by atoms with Crippen molar-refractivity contribution in [3.05, 3.63) is 63.6 Å². The topological polar surface area (TPSA) is 62.8 Å². The number of halogens is 2. The first-order chi connectivity index (χ1) is 21.9. The van der Waals surface area contributed by atoms with E-state index in [0.717, 1.165) is 73.6 Å². The molecule has 2 aromatic carbocycles. The fraction of sp³-hybridized carbons (Fsp3) is 0.500. The number of aromatic nitrogens is 2. The molecule has 9 heteroatoms. The van der Waals surface area contributed by atoms with Crippen LogP contribution in [0.15, 0.2) is 47.5 Å². The second-order valence-electron chi connectivity index (χ2n) is 13.3. The predicted molar refractivity (Wildman–Crippen MR) is 180 cm³/mol. The van der Waals surface area contributed by atoms with Gasteiger partial charge in [-0.2, -0.15) is 9.97 Å². The summed E-state index contributed by atoms with van der Waals surface area (Å²) in [7, 11) is 0. The molecule has 7 nitrogen and oxygen atoms in total. The molecule has 7 rings (SSSR count). The number of piperazine rings is 1. The number of fused-ring (bicyclic) bond motifs is 5. The molecule has 238 valence electrons. The summed E-state index contributed by atoms with van der Waals surface area (Å²) in [6.07, 6.45) is 8.38. The van der Waals surface area contributed by atoms with Crippen molar-refractivity contribution in [3.63, 3.8) is 0 Å². The van der Waals surface area contributed by atoms with Crippen molar-refractivity contribution >= 4 is 46.2 Å². The number of ether oxygens (including phenoxy) is 2. The molecule has 45 heavy (non-hydrogen) atoms. The summed E-state index contributed by atoms with van der Waals surface area (Å²) >= 11 is 7.04. The summed E-state index contributed by atoms with van der Waals surface area (Å²) in [6.45, 7) is 9.22. The summed E-state index contributed by atoms with van der Waals surface area (Å²) < 4.78 is 27.0. The van der Waals surface area contributed by atoms with Crippen molar-refractivity contribution in [1.82, 2.24) is 20.2 Å². The van der Waals surface area contributed by atoms with Crippen LogP contribution in [0.1, 0.15) is 58.4 Å². The van der Waals surface area contributed by atoms with Gasteiger partial charge in [-0.1, -0.05) is 54.1 Å². The number of hydrogen-bond donors (Lipinski definition) is 1. The van der Waals surface area contributed by atoms with E-state index < -0.39 is 0 Å². The lowest BCUT2D eigenvalue weighted by molar-refractivity contribution is -0.122. The largest absolute Gasteiger partial charge is 0.462 e. The molecule has 5 heterocycles. The van der Waals surface area contributed by atoms with Gasteiger partial charge in [0.15, 0.2) is 0 Å². The maximum atomic E-state index is 14.7. The minimum Gasteiger partial charge on any atom is -0.462 e. The molecule has 4 bridgehead atoms. The highest BCUT2D eigenvalue weighted by atomic mass is 35.5. The smallest absolute Gasteiger partial charge is 0.319 e. The van der Waals surface area contributed by atoms with E-state index in [1.54, 1.807) is 0 Å². The van der Waals surface area contributed by atoms with Crippen LogP contribution < -0.4 is 25.5 Å². The average Bonchev–Trinajstić information content (AvgIpc) is 3.38. The van der Waals surface area contributed by atoms with Crippen molar-refractivity contribution in [1.29, 1.82) is 0 Å². The van der Waals surface area contributed by atoms with Crippen LogP contribution >= 0.6 is 11.6 Å². The average molecular weight is 632 g/mol. The van der Waals surface area contributed by atoms with Crippen molar-refractivity contribution in [2.45, 2.75) is 89.3 Å². The molecule has 0 amide bonds. The quantitative estimate of drug-likeness (QED) is 0.388. The Kier molecular flexibility index (Phi) is 8.83. The molecule has 4 aliphatic heterocycles. The van der Waals surface area contributed by atoms with Crippen LogP contribution in [0.2, 0.25) is 0 Å². The number of piperidine rings is 1. The zero-order valence-electron chi connectivity index (χ0n) is 26.4.